The van der Waals surface area contributed by atoms with Crippen molar-refractivity contribution in [3.05, 3.63) is 0 Å². The Labute approximate surface area is 90.2 Å². The summed E-state index contributed by atoms with van der Waals surface area (Å²) in [7, 11) is 1.73. The van der Waals surface area contributed by atoms with Gasteiger partial charge in [0.2, 0.25) is 11.8 Å². The van der Waals surface area contributed by atoms with Crippen LogP contribution in [-0.2, 0) is 9.59 Å². The molecule has 1 unspecified atom stereocenters. The van der Waals surface area contributed by atoms with Crippen molar-refractivity contribution in [3.63, 3.8) is 0 Å². The van der Waals surface area contributed by atoms with Crippen molar-refractivity contribution in [3.8, 4) is 0 Å². The third-order valence-corrected chi connectivity index (χ3v) is 2.73. The highest BCUT2D eigenvalue weighted by atomic mass is 16.2. The SMILES string of the molecule is CCN(C)C(=O)C(C)NC(=O)C1CNC1. The standard InChI is InChI=1S/C10H19N3O2/c1-4-13(3)10(15)7(2)12-9(14)8-5-11-6-8/h7-8,11H,4-6H2,1-3H3,(H,12,14). The van der Waals surface area contributed by atoms with Crippen molar-refractivity contribution in [1.29, 1.82) is 0 Å². The van der Waals surface area contributed by atoms with E-state index in [0.29, 0.717) is 6.54 Å². The quantitative estimate of drug-likeness (QED) is 0.642. The van der Waals surface area contributed by atoms with Crippen LogP contribution in [0.25, 0.3) is 0 Å². The molecule has 5 nitrogen and oxygen atoms in total. The van der Waals surface area contributed by atoms with Crippen LogP contribution in [0.3, 0.4) is 0 Å². The van der Waals surface area contributed by atoms with E-state index in [2.05, 4.69) is 10.6 Å². The minimum atomic E-state index is -0.428. The van der Waals surface area contributed by atoms with E-state index in [4.69, 9.17) is 0 Å². The summed E-state index contributed by atoms with van der Waals surface area (Å²) in [5.41, 5.74) is 0. The maximum absolute atomic E-state index is 11.6. The van der Waals surface area contributed by atoms with Crippen molar-refractivity contribution >= 4 is 11.8 Å². The van der Waals surface area contributed by atoms with Gasteiger partial charge >= 0.3 is 0 Å². The van der Waals surface area contributed by atoms with Crippen LogP contribution in [0.2, 0.25) is 0 Å². The van der Waals surface area contributed by atoms with E-state index in [1.807, 2.05) is 6.92 Å². The minimum Gasteiger partial charge on any atom is -0.344 e. The van der Waals surface area contributed by atoms with E-state index in [-0.39, 0.29) is 17.7 Å². The molecule has 0 aliphatic carbocycles. The Morgan fingerprint density at radius 1 is 1.53 bits per heavy atom. The van der Waals surface area contributed by atoms with Gasteiger partial charge in [0, 0.05) is 26.7 Å². The maximum atomic E-state index is 11.6. The number of nitrogens with zero attached hydrogens (tertiary/aromatic N) is 1. The Morgan fingerprint density at radius 3 is 2.53 bits per heavy atom. The first-order valence-corrected chi connectivity index (χ1v) is 5.32. The molecule has 1 aliphatic heterocycles. The average Bonchev–Trinajstić information content (AvgIpc) is 2.12. The van der Waals surface area contributed by atoms with Gasteiger partial charge in [-0.15, -0.1) is 0 Å². The number of amides is 2. The Balaban J connectivity index is 2.36. The second-order valence-corrected chi connectivity index (χ2v) is 3.94. The number of hydrogen-bond donors (Lipinski definition) is 2. The molecule has 1 saturated heterocycles. The van der Waals surface area contributed by atoms with Crippen LogP contribution in [-0.4, -0.2) is 49.4 Å². The largest absolute Gasteiger partial charge is 0.344 e. The Hall–Kier alpha value is -1.10. The third kappa shape index (κ3) is 2.92. The fourth-order valence-electron chi connectivity index (χ4n) is 1.35. The summed E-state index contributed by atoms with van der Waals surface area (Å²) in [5, 5.41) is 5.75. The van der Waals surface area contributed by atoms with Gasteiger partial charge in [-0.2, -0.15) is 0 Å². The number of hydrogen-bond acceptors (Lipinski definition) is 3. The van der Waals surface area contributed by atoms with Crippen molar-refractivity contribution < 1.29 is 9.59 Å². The van der Waals surface area contributed by atoms with Crippen LogP contribution in [0, 0.1) is 5.92 Å². The zero-order valence-electron chi connectivity index (χ0n) is 9.54. The van der Waals surface area contributed by atoms with Gasteiger partial charge in [0.1, 0.15) is 6.04 Å². The summed E-state index contributed by atoms with van der Waals surface area (Å²) in [6.07, 6.45) is 0. The lowest BCUT2D eigenvalue weighted by Gasteiger charge is -2.28. The second kappa shape index (κ2) is 5.11. The Kier molecular flexibility index (Phi) is 4.08. The molecule has 0 saturated carbocycles. The normalized spacial score (nSPS) is 17.8. The van der Waals surface area contributed by atoms with Crippen molar-refractivity contribution in [1.82, 2.24) is 15.5 Å². The average molecular weight is 213 g/mol. The Bertz CT molecular complexity index is 251. The van der Waals surface area contributed by atoms with Crippen LogP contribution < -0.4 is 10.6 Å². The summed E-state index contributed by atoms with van der Waals surface area (Å²) in [6, 6.07) is -0.428. The fourth-order valence-corrected chi connectivity index (χ4v) is 1.35. The van der Waals surface area contributed by atoms with Crippen LogP contribution in [0.4, 0.5) is 0 Å². The molecule has 0 aromatic heterocycles. The molecule has 1 fully saturated rings. The molecule has 15 heavy (non-hydrogen) atoms. The molecule has 2 amide bonds. The molecule has 1 aliphatic rings. The molecule has 0 aromatic carbocycles. The van der Waals surface area contributed by atoms with E-state index in [1.165, 1.54) is 0 Å². The molecule has 0 bridgehead atoms. The molecule has 0 spiro atoms. The molecule has 0 radical (unpaired) electrons. The molecule has 1 atom stereocenters. The van der Waals surface area contributed by atoms with Gasteiger partial charge in [-0.1, -0.05) is 0 Å². The highest BCUT2D eigenvalue weighted by Crippen LogP contribution is 2.03. The van der Waals surface area contributed by atoms with Gasteiger partial charge in [0.05, 0.1) is 5.92 Å². The summed E-state index contributed by atoms with van der Waals surface area (Å²) in [5.74, 6) is -0.0376. The van der Waals surface area contributed by atoms with Crippen LogP contribution in [0.1, 0.15) is 13.8 Å². The highest BCUT2D eigenvalue weighted by Gasteiger charge is 2.27. The van der Waals surface area contributed by atoms with E-state index in [1.54, 1.807) is 18.9 Å². The topological polar surface area (TPSA) is 61.4 Å². The van der Waals surface area contributed by atoms with E-state index >= 15 is 0 Å². The highest BCUT2D eigenvalue weighted by molar-refractivity contribution is 5.88. The number of likely N-dealkylation sites (N-methyl/N-ethyl adjacent to an activating group) is 1. The van der Waals surface area contributed by atoms with Gasteiger partial charge in [-0.25, -0.2) is 0 Å². The van der Waals surface area contributed by atoms with Crippen LogP contribution in [0.15, 0.2) is 0 Å². The first kappa shape index (κ1) is 12.0. The second-order valence-electron chi connectivity index (χ2n) is 3.94. The lowest BCUT2D eigenvalue weighted by atomic mass is 10.0. The Morgan fingerprint density at radius 2 is 2.13 bits per heavy atom. The molecule has 1 heterocycles. The summed E-state index contributed by atoms with van der Waals surface area (Å²) >= 11 is 0. The van der Waals surface area contributed by atoms with E-state index in [9.17, 15) is 9.59 Å². The summed E-state index contributed by atoms with van der Waals surface area (Å²) in [6.45, 7) is 5.72. The predicted octanol–water partition coefficient (Wildman–Crippen LogP) is -0.811. The van der Waals surface area contributed by atoms with Crippen molar-refractivity contribution in [2.75, 3.05) is 26.7 Å². The van der Waals surface area contributed by atoms with Crippen LogP contribution >= 0.6 is 0 Å². The van der Waals surface area contributed by atoms with E-state index in [0.717, 1.165) is 13.1 Å². The summed E-state index contributed by atoms with van der Waals surface area (Å²) in [4.78, 5) is 24.8. The monoisotopic (exact) mass is 213 g/mol. The molecular weight excluding hydrogens is 194 g/mol. The maximum Gasteiger partial charge on any atom is 0.244 e. The number of nitrogens with one attached hydrogen (secondary N) is 2. The predicted molar refractivity (Wildman–Crippen MR) is 57.3 cm³/mol. The summed E-state index contributed by atoms with van der Waals surface area (Å²) < 4.78 is 0. The first-order valence-electron chi connectivity index (χ1n) is 5.32. The van der Waals surface area contributed by atoms with Gasteiger partial charge in [0.15, 0.2) is 0 Å². The smallest absolute Gasteiger partial charge is 0.244 e. The van der Waals surface area contributed by atoms with Gasteiger partial charge in [0.25, 0.3) is 0 Å². The molecule has 0 aromatic rings. The third-order valence-electron chi connectivity index (χ3n) is 2.73. The molecule has 86 valence electrons. The van der Waals surface area contributed by atoms with Crippen LogP contribution in [0.5, 0.6) is 0 Å². The number of rotatable bonds is 4. The number of carbonyl (C=O) groups excluding carboxylic acids is 2. The van der Waals surface area contributed by atoms with Gasteiger partial charge < -0.3 is 15.5 Å². The fraction of sp³-hybridized carbons (Fsp3) is 0.800. The lowest BCUT2D eigenvalue weighted by molar-refractivity contribution is -0.136. The minimum absolute atomic E-state index is 0.0286. The zero-order chi connectivity index (χ0) is 11.4. The van der Waals surface area contributed by atoms with E-state index < -0.39 is 6.04 Å². The first-order chi connectivity index (χ1) is 7.06. The molecule has 5 heteroatoms. The van der Waals surface area contributed by atoms with Crippen molar-refractivity contribution in [2.45, 2.75) is 19.9 Å². The molecule has 1 rings (SSSR count). The molecular formula is C10H19N3O2. The molecule has 2 N–H and O–H groups in total. The lowest BCUT2D eigenvalue weighted by Crippen LogP contribution is -2.54. The van der Waals surface area contributed by atoms with Gasteiger partial charge in [-0.05, 0) is 13.8 Å². The van der Waals surface area contributed by atoms with Crippen molar-refractivity contribution in [2.24, 2.45) is 5.92 Å². The zero-order valence-corrected chi connectivity index (χ0v) is 9.54. The number of carbonyl (C=O) groups is 2. The van der Waals surface area contributed by atoms with Gasteiger partial charge in [-0.3, -0.25) is 9.59 Å².